The lowest BCUT2D eigenvalue weighted by molar-refractivity contribution is -0.154. The largest absolute Gasteiger partial charge is 0.295 e. The molecule has 0 atom stereocenters. The number of ketones is 1. The summed E-state index contributed by atoms with van der Waals surface area (Å²) in [6.45, 7) is 5.67. The summed E-state index contributed by atoms with van der Waals surface area (Å²) in [4.78, 5) is 39.2. The molecule has 1 aromatic rings. The fourth-order valence-electron chi connectivity index (χ4n) is 3.08. The summed E-state index contributed by atoms with van der Waals surface area (Å²) < 4.78 is 0. The Balaban J connectivity index is 1.82. The van der Waals surface area contributed by atoms with E-state index in [2.05, 4.69) is 16.8 Å². The fourth-order valence-corrected chi connectivity index (χ4v) is 3.08. The molecule has 6 nitrogen and oxygen atoms in total. The zero-order valence-corrected chi connectivity index (χ0v) is 16.8. The predicted molar refractivity (Wildman–Crippen MR) is 107 cm³/mol. The number of pyridine rings is 1. The predicted octanol–water partition coefficient (Wildman–Crippen LogP) is 2.63. The molecule has 28 heavy (non-hydrogen) atoms. The third kappa shape index (κ3) is 6.58. The van der Waals surface area contributed by atoms with E-state index in [0.717, 1.165) is 24.9 Å². The molecule has 0 aliphatic carbocycles. The van der Waals surface area contributed by atoms with Crippen molar-refractivity contribution in [2.45, 2.75) is 52.4 Å². The van der Waals surface area contributed by atoms with Gasteiger partial charge in [-0.15, -0.1) is 0 Å². The normalized spacial score (nSPS) is 14.9. The van der Waals surface area contributed by atoms with Gasteiger partial charge >= 0.3 is 0 Å². The van der Waals surface area contributed by atoms with E-state index in [1.165, 1.54) is 0 Å². The topological polar surface area (TPSA) is 70.6 Å². The number of Topliss-reactive ketones (excluding diaryl/α,β-unsaturated/α-hetero) is 1. The van der Waals surface area contributed by atoms with Crippen LogP contribution in [0.5, 0.6) is 0 Å². The maximum absolute atomic E-state index is 12.7. The number of carbonyl (C=O) groups is 3. The van der Waals surface area contributed by atoms with Crippen LogP contribution in [-0.2, 0) is 14.4 Å². The average Bonchev–Trinajstić information content (AvgIpc) is 2.72. The van der Waals surface area contributed by atoms with Crippen LogP contribution < -0.4 is 0 Å². The van der Waals surface area contributed by atoms with Crippen LogP contribution in [0.2, 0.25) is 0 Å². The van der Waals surface area contributed by atoms with Crippen LogP contribution in [0, 0.1) is 17.3 Å². The number of hydrogen-bond donors (Lipinski definition) is 0. The Morgan fingerprint density at radius 3 is 2.79 bits per heavy atom. The number of amides is 1. The van der Waals surface area contributed by atoms with Gasteiger partial charge in [-0.05, 0) is 37.8 Å². The number of carbonyl (C=O) groups excluding carboxylic acids is 3. The van der Waals surface area contributed by atoms with Crippen molar-refractivity contribution in [3.8, 4) is 11.8 Å². The fraction of sp³-hybridized carbons (Fsp3) is 0.545. The van der Waals surface area contributed by atoms with E-state index in [1.54, 1.807) is 26.2 Å². The van der Waals surface area contributed by atoms with Crippen LogP contribution in [0.4, 0.5) is 0 Å². The van der Waals surface area contributed by atoms with Crippen molar-refractivity contribution in [2.75, 3.05) is 19.6 Å². The second-order valence-corrected chi connectivity index (χ2v) is 7.69. The van der Waals surface area contributed by atoms with Gasteiger partial charge in [-0.3, -0.25) is 24.4 Å². The highest BCUT2D eigenvalue weighted by Crippen LogP contribution is 2.23. The van der Waals surface area contributed by atoms with Gasteiger partial charge in [0, 0.05) is 55.8 Å². The summed E-state index contributed by atoms with van der Waals surface area (Å²) in [6, 6.07) is 3.76. The third-order valence-electron chi connectivity index (χ3n) is 5.02. The van der Waals surface area contributed by atoms with Crippen LogP contribution in [-0.4, -0.2) is 52.6 Å². The average molecular weight is 383 g/mol. The molecule has 0 bridgehead atoms. The van der Waals surface area contributed by atoms with Gasteiger partial charge in [-0.1, -0.05) is 25.7 Å². The molecule has 150 valence electrons. The molecule has 0 saturated carbocycles. The smallest absolute Gasteiger partial charge is 0.236 e. The van der Waals surface area contributed by atoms with Crippen LogP contribution in [0.15, 0.2) is 24.5 Å². The maximum Gasteiger partial charge on any atom is 0.236 e. The van der Waals surface area contributed by atoms with Crippen LogP contribution in [0.1, 0.15) is 57.9 Å². The van der Waals surface area contributed by atoms with Crippen molar-refractivity contribution in [3.63, 3.8) is 0 Å². The number of rotatable bonds is 8. The highest BCUT2D eigenvalue weighted by atomic mass is 16.2. The molecule has 0 radical (unpaired) electrons. The number of unbranched alkanes of at least 4 members (excludes halogenated alkanes) is 1. The molecule has 1 aliphatic heterocycles. The number of nitrogens with zero attached hydrogens (tertiary/aromatic N) is 3. The van der Waals surface area contributed by atoms with E-state index in [-0.39, 0.29) is 5.91 Å². The number of aromatic nitrogens is 1. The highest BCUT2D eigenvalue weighted by molar-refractivity contribution is 6.27. The number of hydrazine groups is 1. The second-order valence-electron chi connectivity index (χ2n) is 7.69. The van der Waals surface area contributed by atoms with E-state index in [9.17, 15) is 14.4 Å². The SMILES string of the molecule is CC(C)(CCN1CCCCN1C(=O)CCCC#Cc1cccnc1)C(=O)C=O. The minimum Gasteiger partial charge on any atom is -0.295 e. The van der Waals surface area contributed by atoms with Crippen molar-refractivity contribution in [1.29, 1.82) is 0 Å². The standard InChI is InChI=1S/C22H29N3O3/c1-22(2,20(27)18-26)12-16-24-14-6-7-15-25(24)21(28)11-5-3-4-9-19-10-8-13-23-17-19/h8,10,13,17-18H,3,5-7,11-12,14-16H2,1-2H3. The molecule has 0 unspecified atom stereocenters. The molecule has 1 amide bonds. The minimum atomic E-state index is -0.699. The molecule has 1 saturated heterocycles. The van der Waals surface area contributed by atoms with Gasteiger partial charge in [0.2, 0.25) is 11.7 Å². The minimum absolute atomic E-state index is 0.0994. The lowest BCUT2D eigenvalue weighted by Crippen LogP contribution is -2.51. The summed E-state index contributed by atoms with van der Waals surface area (Å²) in [5, 5.41) is 3.85. The van der Waals surface area contributed by atoms with E-state index >= 15 is 0 Å². The summed E-state index contributed by atoms with van der Waals surface area (Å²) >= 11 is 0. The van der Waals surface area contributed by atoms with Gasteiger partial charge in [0.1, 0.15) is 0 Å². The Kier molecular flexibility index (Phi) is 8.34. The molecule has 0 aromatic carbocycles. The van der Waals surface area contributed by atoms with Crippen molar-refractivity contribution in [3.05, 3.63) is 30.1 Å². The first-order valence-electron chi connectivity index (χ1n) is 9.88. The summed E-state index contributed by atoms with van der Waals surface area (Å²) in [6.07, 6.45) is 8.22. The molecule has 1 aromatic heterocycles. The molecular weight excluding hydrogens is 354 g/mol. The van der Waals surface area contributed by atoms with Crippen molar-refractivity contribution in [1.82, 2.24) is 15.0 Å². The Morgan fingerprint density at radius 2 is 2.07 bits per heavy atom. The van der Waals surface area contributed by atoms with Gasteiger partial charge < -0.3 is 0 Å². The van der Waals surface area contributed by atoms with Gasteiger partial charge in [0.15, 0.2) is 6.29 Å². The molecular formula is C22H29N3O3. The highest BCUT2D eigenvalue weighted by Gasteiger charge is 2.30. The van der Waals surface area contributed by atoms with Gasteiger partial charge in [0.05, 0.1) is 0 Å². The van der Waals surface area contributed by atoms with Crippen LogP contribution in [0.25, 0.3) is 0 Å². The first-order chi connectivity index (χ1) is 13.4. The van der Waals surface area contributed by atoms with Crippen molar-refractivity contribution >= 4 is 18.0 Å². The molecule has 0 spiro atoms. The molecule has 2 heterocycles. The molecule has 1 aliphatic rings. The Bertz CT molecular complexity index is 734. The van der Waals surface area contributed by atoms with Crippen molar-refractivity contribution in [2.24, 2.45) is 5.41 Å². The van der Waals surface area contributed by atoms with Crippen molar-refractivity contribution < 1.29 is 14.4 Å². The molecule has 0 N–H and O–H groups in total. The maximum atomic E-state index is 12.7. The number of aldehydes is 1. The Hall–Kier alpha value is -2.52. The molecule has 1 fully saturated rings. The third-order valence-corrected chi connectivity index (χ3v) is 5.02. The zero-order valence-electron chi connectivity index (χ0n) is 16.8. The van der Waals surface area contributed by atoms with E-state index in [1.807, 2.05) is 22.2 Å². The Labute approximate surface area is 167 Å². The lowest BCUT2D eigenvalue weighted by atomic mass is 9.85. The summed E-state index contributed by atoms with van der Waals surface area (Å²) in [5.41, 5.74) is 0.180. The second kappa shape index (κ2) is 10.7. The first-order valence-corrected chi connectivity index (χ1v) is 9.88. The van der Waals surface area contributed by atoms with E-state index < -0.39 is 11.2 Å². The summed E-state index contributed by atoms with van der Waals surface area (Å²) in [7, 11) is 0. The van der Waals surface area contributed by atoms with Gasteiger partial charge in [-0.2, -0.15) is 0 Å². The zero-order chi connectivity index (χ0) is 20.4. The summed E-state index contributed by atoms with van der Waals surface area (Å²) in [5.74, 6) is 5.85. The van der Waals surface area contributed by atoms with Crippen LogP contribution >= 0.6 is 0 Å². The number of hydrogen-bond acceptors (Lipinski definition) is 5. The first kappa shape index (κ1) is 21.8. The molecule has 6 heteroatoms. The van der Waals surface area contributed by atoms with E-state index in [4.69, 9.17) is 0 Å². The van der Waals surface area contributed by atoms with Gasteiger partial charge in [0.25, 0.3) is 0 Å². The Morgan fingerprint density at radius 1 is 1.29 bits per heavy atom. The monoisotopic (exact) mass is 383 g/mol. The van der Waals surface area contributed by atoms with E-state index in [0.29, 0.717) is 45.1 Å². The quantitative estimate of drug-likeness (QED) is 0.299. The van der Waals surface area contributed by atoms with Crippen LogP contribution in [0.3, 0.4) is 0 Å². The lowest BCUT2D eigenvalue weighted by Gasteiger charge is -2.40. The molecule has 2 rings (SSSR count). The van der Waals surface area contributed by atoms with Gasteiger partial charge in [-0.25, -0.2) is 5.01 Å².